The van der Waals surface area contributed by atoms with Gasteiger partial charge < -0.3 is 4.90 Å². The number of rotatable bonds is 6. The number of ketones is 1. The lowest BCUT2D eigenvalue weighted by Gasteiger charge is -2.37. The minimum atomic E-state index is 0.296. The molecule has 2 heterocycles. The Morgan fingerprint density at radius 2 is 1.54 bits per heavy atom. The molecule has 4 heteroatoms. The lowest BCUT2D eigenvalue weighted by Crippen LogP contribution is -2.47. The number of anilines is 1. The first kappa shape index (κ1) is 19.4. The van der Waals surface area contributed by atoms with Gasteiger partial charge in [-0.05, 0) is 88.8 Å². The van der Waals surface area contributed by atoms with E-state index >= 15 is 0 Å². The number of nitrogens with zero attached hydrogens (tertiary/aromatic N) is 3. The van der Waals surface area contributed by atoms with Gasteiger partial charge in [0.25, 0.3) is 0 Å². The molecule has 4 nitrogen and oxygen atoms in total. The van der Waals surface area contributed by atoms with Gasteiger partial charge in [-0.15, -0.1) is 0 Å². The lowest BCUT2D eigenvalue weighted by atomic mass is 9.93. The van der Waals surface area contributed by atoms with Crippen molar-refractivity contribution in [2.75, 3.05) is 57.3 Å². The molecular weight excluding hydrogens is 322 g/mol. The van der Waals surface area contributed by atoms with Gasteiger partial charge in [-0.3, -0.25) is 14.6 Å². The van der Waals surface area contributed by atoms with Crippen LogP contribution in [0, 0.1) is 19.8 Å². The van der Waals surface area contributed by atoms with E-state index in [4.69, 9.17) is 0 Å². The van der Waals surface area contributed by atoms with Gasteiger partial charge in [0.1, 0.15) is 5.78 Å². The van der Waals surface area contributed by atoms with Gasteiger partial charge in [-0.25, -0.2) is 0 Å². The van der Waals surface area contributed by atoms with Gasteiger partial charge in [0.2, 0.25) is 0 Å². The molecule has 0 amide bonds. The van der Waals surface area contributed by atoms with E-state index < -0.39 is 0 Å². The van der Waals surface area contributed by atoms with Crippen LogP contribution >= 0.6 is 0 Å². The molecule has 0 aromatic heterocycles. The molecule has 0 radical (unpaired) electrons. The maximum absolute atomic E-state index is 11.2. The van der Waals surface area contributed by atoms with Crippen molar-refractivity contribution in [2.45, 2.75) is 40.0 Å². The zero-order valence-corrected chi connectivity index (χ0v) is 16.8. The summed E-state index contributed by atoms with van der Waals surface area (Å²) >= 11 is 0. The molecule has 1 aromatic rings. The standard InChI is InChI=1S/C22H35N3O/c1-18-14-19(2)16-22(15-18)25-12-10-23(11-13-25)7-4-21-5-8-24(9-6-21)17-20(3)26/h14-16,21H,4-13,17H2,1-3H3. The summed E-state index contributed by atoms with van der Waals surface area (Å²) in [5.74, 6) is 1.14. The quantitative estimate of drug-likeness (QED) is 0.782. The molecule has 3 rings (SSSR count). The predicted octanol–water partition coefficient (Wildman–Crippen LogP) is 3.12. The van der Waals surface area contributed by atoms with E-state index in [1.165, 1.54) is 55.7 Å². The van der Waals surface area contributed by atoms with Gasteiger partial charge in [0, 0.05) is 31.9 Å². The summed E-state index contributed by atoms with van der Waals surface area (Å²) in [5, 5.41) is 0. The van der Waals surface area contributed by atoms with Crippen LogP contribution in [-0.2, 0) is 4.79 Å². The highest BCUT2D eigenvalue weighted by molar-refractivity contribution is 5.77. The topological polar surface area (TPSA) is 26.8 Å². The summed E-state index contributed by atoms with van der Waals surface area (Å²) in [7, 11) is 0. The molecule has 1 aromatic carbocycles. The number of piperidine rings is 1. The molecule has 2 fully saturated rings. The molecule has 26 heavy (non-hydrogen) atoms. The van der Waals surface area contributed by atoms with E-state index in [0.29, 0.717) is 12.3 Å². The Balaban J connectivity index is 1.37. The van der Waals surface area contributed by atoms with Crippen LogP contribution in [-0.4, -0.2) is 67.9 Å². The molecule has 144 valence electrons. The molecule has 2 saturated heterocycles. The van der Waals surface area contributed by atoms with Gasteiger partial charge in [0.15, 0.2) is 0 Å². The number of hydrogen-bond donors (Lipinski definition) is 0. The fourth-order valence-electron chi connectivity index (χ4n) is 4.48. The molecule has 0 spiro atoms. The van der Waals surface area contributed by atoms with Crippen LogP contribution in [0.15, 0.2) is 18.2 Å². The van der Waals surface area contributed by atoms with Crippen molar-refractivity contribution in [3.05, 3.63) is 29.3 Å². The third kappa shape index (κ3) is 5.55. The van der Waals surface area contributed by atoms with Crippen molar-refractivity contribution in [2.24, 2.45) is 5.92 Å². The molecule has 0 unspecified atom stereocenters. The number of carbonyl (C=O) groups is 1. The first-order chi connectivity index (χ1) is 12.5. The summed E-state index contributed by atoms with van der Waals surface area (Å²) in [6, 6.07) is 6.89. The lowest BCUT2D eigenvalue weighted by molar-refractivity contribution is -0.118. The average Bonchev–Trinajstić information content (AvgIpc) is 2.60. The molecule has 0 aliphatic carbocycles. The normalized spacial score (nSPS) is 20.5. The Morgan fingerprint density at radius 3 is 2.12 bits per heavy atom. The van der Waals surface area contributed by atoms with Crippen LogP contribution in [0.5, 0.6) is 0 Å². The number of benzene rings is 1. The monoisotopic (exact) mass is 357 g/mol. The van der Waals surface area contributed by atoms with Crippen LogP contribution in [0.1, 0.15) is 37.3 Å². The smallest absolute Gasteiger partial charge is 0.143 e. The molecule has 0 bridgehead atoms. The highest BCUT2D eigenvalue weighted by atomic mass is 16.1. The van der Waals surface area contributed by atoms with Gasteiger partial charge >= 0.3 is 0 Å². The second-order valence-electron chi connectivity index (χ2n) is 8.38. The minimum absolute atomic E-state index is 0.296. The van der Waals surface area contributed by atoms with E-state index in [2.05, 4.69) is 46.7 Å². The zero-order valence-electron chi connectivity index (χ0n) is 16.8. The maximum Gasteiger partial charge on any atom is 0.143 e. The van der Waals surface area contributed by atoms with E-state index in [-0.39, 0.29) is 0 Å². The largest absolute Gasteiger partial charge is 0.369 e. The average molecular weight is 358 g/mol. The van der Waals surface area contributed by atoms with E-state index in [0.717, 1.165) is 32.1 Å². The maximum atomic E-state index is 11.2. The van der Waals surface area contributed by atoms with Crippen LogP contribution in [0.4, 0.5) is 5.69 Å². The van der Waals surface area contributed by atoms with E-state index in [9.17, 15) is 4.79 Å². The van der Waals surface area contributed by atoms with Crippen molar-refractivity contribution in [1.82, 2.24) is 9.80 Å². The zero-order chi connectivity index (χ0) is 18.5. The molecule has 0 saturated carbocycles. The molecular formula is C22H35N3O. The summed E-state index contributed by atoms with van der Waals surface area (Å²) < 4.78 is 0. The Labute approximate surface area is 159 Å². The molecule has 0 N–H and O–H groups in total. The number of piperazine rings is 1. The first-order valence-electron chi connectivity index (χ1n) is 10.3. The predicted molar refractivity (Wildman–Crippen MR) is 109 cm³/mol. The van der Waals surface area contributed by atoms with Crippen molar-refractivity contribution >= 4 is 11.5 Å². The highest BCUT2D eigenvalue weighted by Crippen LogP contribution is 2.23. The van der Waals surface area contributed by atoms with Gasteiger partial charge in [0.05, 0.1) is 6.54 Å². The number of carbonyl (C=O) groups excluding carboxylic acids is 1. The fraction of sp³-hybridized carbons (Fsp3) is 0.682. The third-order valence-corrected chi connectivity index (χ3v) is 5.95. The third-order valence-electron chi connectivity index (χ3n) is 5.95. The number of hydrogen-bond acceptors (Lipinski definition) is 4. The Morgan fingerprint density at radius 1 is 0.923 bits per heavy atom. The number of likely N-dealkylation sites (tertiary alicyclic amines) is 1. The Hall–Kier alpha value is -1.39. The fourth-order valence-corrected chi connectivity index (χ4v) is 4.48. The Kier molecular flexibility index (Phi) is 6.71. The van der Waals surface area contributed by atoms with E-state index in [1.54, 1.807) is 6.92 Å². The van der Waals surface area contributed by atoms with Crippen LogP contribution in [0.2, 0.25) is 0 Å². The summed E-state index contributed by atoms with van der Waals surface area (Å²) in [5.41, 5.74) is 4.11. The van der Waals surface area contributed by atoms with Crippen molar-refractivity contribution < 1.29 is 4.79 Å². The second-order valence-corrected chi connectivity index (χ2v) is 8.38. The van der Waals surface area contributed by atoms with Crippen molar-refractivity contribution in [3.8, 4) is 0 Å². The summed E-state index contributed by atoms with van der Waals surface area (Å²) in [6.45, 7) is 14.8. The highest BCUT2D eigenvalue weighted by Gasteiger charge is 2.22. The SMILES string of the molecule is CC(=O)CN1CCC(CCN2CCN(c3cc(C)cc(C)c3)CC2)CC1. The van der Waals surface area contributed by atoms with Gasteiger partial charge in [-0.1, -0.05) is 6.07 Å². The number of Topliss-reactive ketones (excluding diaryl/α,β-unsaturated/α-hetero) is 1. The van der Waals surface area contributed by atoms with Crippen LogP contribution < -0.4 is 4.90 Å². The molecule has 2 aliphatic rings. The summed E-state index contributed by atoms with van der Waals surface area (Å²) in [6.07, 6.45) is 3.84. The Bertz CT molecular complexity index is 579. The van der Waals surface area contributed by atoms with Crippen LogP contribution in [0.3, 0.4) is 0 Å². The molecule has 0 atom stereocenters. The van der Waals surface area contributed by atoms with Crippen molar-refractivity contribution in [1.29, 1.82) is 0 Å². The van der Waals surface area contributed by atoms with Gasteiger partial charge in [-0.2, -0.15) is 0 Å². The second kappa shape index (κ2) is 9.01. The summed E-state index contributed by atoms with van der Waals surface area (Å²) in [4.78, 5) is 18.7. The first-order valence-corrected chi connectivity index (χ1v) is 10.3. The van der Waals surface area contributed by atoms with Crippen molar-refractivity contribution in [3.63, 3.8) is 0 Å². The van der Waals surface area contributed by atoms with E-state index in [1.807, 2.05) is 0 Å². The number of aryl methyl sites for hydroxylation is 2. The molecule has 2 aliphatic heterocycles. The van der Waals surface area contributed by atoms with Crippen LogP contribution in [0.25, 0.3) is 0 Å². The minimum Gasteiger partial charge on any atom is -0.369 e.